The van der Waals surface area contributed by atoms with Crippen LogP contribution in [0.1, 0.15) is 13.8 Å². The number of hydrogen-bond donors (Lipinski definition) is 0. The molecular weight excluding hydrogens is 714 g/mol. The maximum atomic E-state index is 16.6. The third kappa shape index (κ3) is 8.20. The van der Waals surface area contributed by atoms with E-state index < -0.39 is 49.4 Å². The summed E-state index contributed by atoms with van der Waals surface area (Å²) in [5.74, 6) is -3.78. The minimum Gasteiger partial charge on any atom is -0.462 e. The molecule has 268 valence electrons. The molecule has 6 rings (SSSR count). The highest BCUT2D eigenvalue weighted by atomic mass is 35.5. The average Bonchev–Trinajstić information content (AvgIpc) is 3.33. The van der Waals surface area contributed by atoms with Crippen molar-refractivity contribution in [3.63, 3.8) is 0 Å². The molecule has 9 nitrogen and oxygen atoms in total. The summed E-state index contributed by atoms with van der Waals surface area (Å²) < 4.78 is 63.3. The summed E-state index contributed by atoms with van der Waals surface area (Å²) >= 11 is 6.54. The number of carbonyl (C=O) groups excluding carboxylic acids is 1. The highest BCUT2D eigenvalue weighted by molar-refractivity contribution is 7.59. The Morgan fingerprint density at radius 1 is 1.16 bits per heavy atom. The van der Waals surface area contributed by atoms with E-state index in [1.165, 1.54) is 16.0 Å². The minimum atomic E-state index is -2.86. The van der Waals surface area contributed by atoms with Crippen LogP contribution in [0.5, 0.6) is 6.01 Å². The Bertz CT molecular complexity index is 1910. The Morgan fingerprint density at radius 3 is 2.58 bits per heavy atom. The fourth-order valence-electron chi connectivity index (χ4n) is 6.26. The lowest BCUT2D eigenvalue weighted by Crippen LogP contribution is -2.56. The van der Waals surface area contributed by atoms with Gasteiger partial charge in [-0.2, -0.15) is 37.0 Å². The number of allylic oxidation sites excluding steroid dienone is 1. The summed E-state index contributed by atoms with van der Waals surface area (Å²) in [6, 6.07) is 9.31. The molecule has 0 radical (unpaired) electrons. The van der Waals surface area contributed by atoms with Crippen LogP contribution in [0.25, 0.3) is 37.8 Å². The fourth-order valence-corrected chi connectivity index (χ4v) is 6.55. The molecule has 4 aromatic rings. The first-order valence-electron chi connectivity index (χ1n) is 15.0. The number of alkyl halides is 3. The number of benzene rings is 2. The lowest BCUT2D eigenvalue weighted by molar-refractivity contribution is -0.128. The van der Waals surface area contributed by atoms with Gasteiger partial charge in [-0.3, -0.25) is 14.7 Å². The van der Waals surface area contributed by atoms with Gasteiger partial charge in [-0.1, -0.05) is 49.4 Å². The number of rotatable bonds is 8. The van der Waals surface area contributed by atoms with E-state index >= 15 is 4.39 Å². The maximum absolute atomic E-state index is 16.6. The summed E-state index contributed by atoms with van der Waals surface area (Å²) in [5, 5.41) is 2.08. The number of likely N-dealkylation sites (N-methyl/N-ethyl adjacent to an activating group) is 1. The number of amides is 1. The van der Waals surface area contributed by atoms with Crippen LogP contribution in [0.4, 0.5) is 23.4 Å². The predicted molar refractivity (Wildman–Crippen MR) is 199 cm³/mol. The smallest absolute Gasteiger partial charge is 0.319 e. The van der Waals surface area contributed by atoms with Crippen LogP contribution < -0.4 is 9.64 Å². The Labute approximate surface area is 307 Å². The standard InChI is InChI=1S/C33H30ClF4N7O2.CH4.2H2S/c1-39-15-22-17-44(12-13-45(22)26(46)10-5-11-35)31-24-16-40-29(23-8-3-6-20-7-4-9-25(34)27(20)23)28(36)30(24)41-32(42-31)47-18-21-14-33(37,38)19-43(21)2;;;/h3-10,16,21-22H,11-15,17-19H2,2H3;1H4;2*1H2/b10-5+;;;/t21-,22-;;;/m0.../s1. The number of pyridine rings is 1. The van der Waals surface area contributed by atoms with Gasteiger partial charge < -0.3 is 19.4 Å². The molecule has 16 heteroatoms. The van der Waals surface area contributed by atoms with Crippen LogP contribution in [0.2, 0.25) is 5.02 Å². The number of nitrogens with zero attached hydrogens (tertiary/aromatic N) is 7. The van der Waals surface area contributed by atoms with Crippen molar-refractivity contribution >= 4 is 72.0 Å². The lowest BCUT2D eigenvalue weighted by Gasteiger charge is -2.39. The molecule has 0 saturated carbocycles. The molecule has 2 atom stereocenters. The van der Waals surface area contributed by atoms with Crippen molar-refractivity contribution in [1.82, 2.24) is 24.8 Å². The van der Waals surface area contributed by atoms with Crippen LogP contribution in [0.3, 0.4) is 0 Å². The van der Waals surface area contributed by atoms with Crippen molar-refractivity contribution in [2.24, 2.45) is 0 Å². The first-order chi connectivity index (χ1) is 22.6. The number of halogens is 5. The zero-order valence-electron chi connectivity index (χ0n) is 26.3. The second-order valence-electron chi connectivity index (χ2n) is 11.6. The molecule has 2 aliphatic heterocycles. The van der Waals surface area contributed by atoms with Gasteiger partial charge in [-0.05, 0) is 24.6 Å². The molecule has 2 aromatic carbocycles. The first-order valence-corrected chi connectivity index (χ1v) is 15.3. The van der Waals surface area contributed by atoms with Gasteiger partial charge in [0, 0.05) is 60.3 Å². The molecule has 0 aliphatic carbocycles. The molecule has 1 amide bonds. The molecule has 50 heavy (non-hydrogen) atoms. The van der Waals surface area contributed by atoms with Crippen molar-refractivity contribution in [1.29, 1.82) is 0 Å². The molecule has 2 saturated heterocycles. The van der Waals surface area contributed by atoms with Crippen molar-refractivity contribution < 1.29 is 27.1 Å². The van der Waals surface area contributed by atoms with Crippen molar-refractivity contribution in [3.05, 3.63) is 77.0 Å². The molecule has 0 N–H and O–H groups in total. The monoisotopic (exact) mass is 751 g/mol. The highest BCUT2D eigenvalue weighted by Crippen LogP contribution is 2.38. The summed E-state index contributed by atoms with van der Waals surface area (Å²) in [5.41, 5.74) is 0.355. The second-order valence-corrected chi connectivity index (χ2v) is 12.0. The van der Waals surface area contributed by atoms with Gasteiger partial charge in [-0.25, -0.2) is 24.1 Å². The number of piperazine rings is 1. The van der Waals surface area contributed by atoms with E-state index in [1.807, 2.05) is 12.1 Å². The molecule has 0 unspecified atom stereocenters. The molecule has 4 heterocycles. The molecule has 0 bridgehead atoms. The van der Waals surface area contributed by atoms with Crippen LogP contribution >= 0.6 is 38.6 Å². The number of carbonyl (C=O) groups is 1. The van der Waals surface area contributed by atoms with Crippen molar-refractivity contribution in [2.75, 3.05) is 58.0 Å². The number of aromatic nitrogens is 3. The second kappa shape index (κ2) is 16.9. The minimum absolute atomic E-state index is 0. The normalized spacial score (nSPS) is 18.7. The molecule has 2 fully saturated rings. The predicted octanol–water partition coefficient (Wildman–Crippen LogP) is 6.68. The van der Waals surface area contributed by atoms with E-state index in [2.05, 4.69) is 19.8 Å². The summed E-state index contributed by atoms with van der Waals surface area (Å²) in [6.07, 6.45) is 3.30. The van der Waals surface area contributed by atoms with Gasteiger partial charge in [0.05, 0.1) is 11.9 Å². The third-order valence-electron chi connectivity index (χ3n) is 8.51. The number of hydrogen-bond acceptors (Lipinski definition) is 7. The summed E-state index contributed by atoms with van der Waals surface area (Å²) in [4.78, 5) is 34.5. The van der Waals surface area contributed by atoms with Crippen molar-refractivity contribution in [3.8, 4) is 17.3 Å². The van der Waals surface area contributed by atoms with E-state index in [4.69, 9.17) is 22.9 Å². The van der Waals surface area contributed by atoms with Crippen LogP contribution in [-0.2, 0) is 4.79 Å². The molecule has 2 aliphatic rings. The van der Waals surface area contributed by atoms with Gasteiger partial charge >= 0.3 is 6.01 Å². The van der Waals surface area contributed by atoms with E-state index in [0.29, 0.717) is 16.0 Å². The Hall–Kier alpha value is -3.84. The average molecular weight is 752 g/mol. The molecule has 2 aromatic heterocycles. The van der Waals surface area contributed by atoms with E-state index in [1.54, 1.807) is 36.2 Å². The lowest BCUT2D eigenvalue weighted by atomic mass is 10.0. The number of anilines is 1. The molecule has 0 spiro atoms. The van der Waals surface area contributed by atoms with Gasteiger partial charge in [0.1, 0.15) is 36.4 Å². The van der Waals surface area contributed by atoms with Gasteiger partial charge in [-0.15, -0.1) is 0 Å². The zero-order valence-corrected chi connectivity index (χ0v) is 29.1. The topological polar surface area (TPSA) is 79.1 Å². The first kappa shape index (κ1) is 40.6. The SMILES string of the molecule is C.S.S.[C-]#[N+]C[C@H]1CN(c2nc(OC[C@@H]3CC(F)(F)CN3C)nc3c(F)c(-c4cccc5cccc(Cl)c45)ncc23)CCN1C(=O)/C=C/CF. The Kier molecular flexibility index (Phi) is 13.7. The Morgan fingerprint density at radius 2 is 1.90 bits per heavy atom. The fraction of sp³-hybridized carbons (Fsp3) is 0.382. The molecular formula is C34H38ClF4N7O2S2. The van der Waals surface area contributed by atoms with Crippen LogP contribution in [0, 0.1) is 12.4 Å². The number of fused-ring (bicyclic) bond motifs is 2. The Balaban J connectivity index is 0.00000225. The van der Waals surface area contributed by atoms with E-state index in [-0.39, 0.29) is 95.6 Å². The number of likely N-dealkylation sites (tertiary alicyclic amines) is 1. The van der Waals surface area contributed by atoms with Gasteiger partial charge in [0.2, 0.25) is 12.5 Å². The van der Waals surface area contributed by atoms with Gasteiger partial charge in [0.15, 0.2) is 5.82 Å². The third-order valence-corrected chi connectivity index (χ3v) is 8.83. The largest absolute Gasteiger partial charge is 0.462 e. The van der Waals surface area contributed by atoms with E-state index in [0.717, 1.165) is 17.5 Å². The van der Waals surface area contributed by atoms with Gasteiger partial charge in [0.25, 0.3) is 5.92 Å². The van der Waals surface area contributed by atoms with E-state index in [9.17, 15) is 18.0 Å². The maximum Gasteiger partial charge on any atom is 0.319 e. The highest BCUT2D eigenvalue weighted by Gasteiger charge is 2.43. The van der Waals surface area contributed by atoms with Crippen LogP contribution in [-0.4, -0.2) is 102 Å². The summed E-state index contributed by atoms with van der Waals surface area (Å²) in [6.45, 7) is 6.64. The zero-order chi connectivity index (χ0) is 33.3. The van der Waals surface area contributed by atoms with Crippen LogP contribution in [0.15, 0.2) is 54.7 Å². The summed E-state index contributed by atoms with van der Waals surface area (Å²) in [7, 11) is 1.58. The number of ether oxygens (including phenoxy) is 1. The van der Waals surface area contributed by atoms with Crippen molar-refractivity contribution in [2.45, 2.75) is 31.9 Å². The quantitative estimate of drug-likeness (QED) is 0.113.